The Hall–Kier alpha value is -1.20. The topological polar surface area (TPSA) is 63.7 Å². The van der Waals surface area contributed by atoms with Crippen LogP contribution in [-0.4, -0.2) is 26.2 Å². The molecular weight excluding hydrogens is 240 g/mol. The zero-order valence-corrected chi connectivity index (χ0v) is 10.5. The molecule has 1 heterocycles. The first-order valence-corrected chi connectivity index (χ1v) is 6.81. The van der Waals surface area contributed by atoms with E-state index in [9.17, 15) is 13.2 Å². The van der Waals surface area contributed by atoms with E-state index in [2.05, 4.69) is 0 Å². The summed E-state index contributed by atoms with van der Waals surface area (Å²) in [5.41, 5.74) is -0.991. The van der Waals surface area contributed by atoms with Gasteiger partial charge in [-0.3, -0.25) is 4.79 Å². The van der Waals surface area contributed by atoms with Crippen LogP contribution in [0.4, 0.5) is 0 Å². The highest BCUT2D eigenvalue weighted by Crippen LogP contribution is 2.36. The lowest BCUT2D eigenvalue weighted by Crippen LogP contribution is -2.36. The largest absolute Gasteiger partial charge is 0.372 e. The van der Waals surface area contributed by atoms with Crippen LogP contribution in [0, 0.1) is 5.41 Å². The van der Waals surface area contributed by atoms with E-state index in [4.69, 9.17) is 4.74 Å². The van der Waals surface area contributed by atoms with Crippen molar-refractivity contribution in [3.8, 4) is 0 Å². The SMILES string of the molecule is CC(C)(C(=O)S(=O)(=O)c1ccccc1)C1CO1. The highest BCUT2D eigenvalue weighted by Gasteiger charge is 2.50. The maximum atomic E-state index is 12.1. The van der Waals surface area contributed by atoms with Crippen LogP contribution in [0.25, 0.3) is 0 Å². The molecule has 0 amide bonds. The molecule has 92 valence electrons. The summed E-state index contributed by atoms with van der Waals surface area (Å²) in [5, 5.41) is -0.779. The molecule has 1 atom stereocenters. The van der Waals surface area contributed by atoms with Gasteiger partial charge in [0.25, 0.3) is 5.12 Å². The van der Waals surface area contributed by atoms with Crippen molar-refractivity contribution in [2.45, 2.75) is 24.8 Å². The van der Waals surface area contributed by atoms with Gasteiger partial charge in [0, 0.05) is 0 Å². The molecule has 0 bridgehead atoms. The van der Waals surface area contributed by atoms with Crippen molar-refractivity contribution in [2.24, 2.45) is 5.41 Å². The predicted octanol–water partition coefficient (Wildman–Crippen LogP) is 1.41. The second-order valence-electron chi connectivity index (χ2n) is 4.65. The van der Waals surface area contributed by atoms with E-state index >= 15 is 0 Å². The Bertz CT molecular complexity index is 527. The molecule has 1 aliphatic rings. The van der Waals surface area contributed by atoms with Gasteiger partial charge in [0.2, 0.25) is 9.84 Å². The molecule has 1 unspecified atom stereocenters. The summed E-state index contributed by atoms with van der Waals surface area (Å²) in [4.78, 5) is 12.1. The number of rotatable bonds is 3. The van der Waals surface area contributed by atoms with Crippen molar-refractivity contribution < 1.29 is 17.9 Å². The van der Waals surface area contributed by atoms with E-state index in [1.807, 2.05) is 0 Å². The molecule has 0 aromatic heterocycles. The average molecular weight is 254 g/mol. The lowest BCUT2D eigenvalue weighted by Gasteiger charge is -2.19. The molecule has 17 heavy (non-hydrogen) atoms. The summed E-state index contributed by atoms with van der Waals surface area (Å²) in [6.07, 6.45) is -0.284. The minimum absolute atomic E-state index is 0.0405. The van der Waals surface area contributed by atoms with Gasteiger partial charge in [-0.25, -0.2) is 8.42 Å². The van der Waals surface area contributed by atoms with Crippen molar-refractivity contribution in [3.63, 3.8) is 0 Å². The minimum atomic E-state index is -3.92. The maximum Gasteiger partial charge on any atom is 0.259 e. The molecule has 4 nitrogen and oxygen atoms in total. The maximum absolute atomic E-state index is 12.1. The Balaban J connectivity index is 2.37. The van der Waals surface area contributed by atoms with Crippen LogP contribution in [-0.2, 0) is 19.4 Å². The second kappa shape index (κ2) is 3.92. The van der Waals surface area contributed by atoms with Crippen molar-refractivity contribution in [3.05, 3.63) is 30.3 Å². The lowest BCUT2D eigenvalue weighted by atomic mass is 9.91. The standard InChI is InChI=1S/C12H14O4S/c1-12(2,10-8-16-10)11(13)17(14,15)9-6-4-3-5-7-9/h3-7,10H,8H2,1-2H3. The lowest BCUT2D eigenvalue weighted by molar-refractivity contribution is -0.119. The summed E-state index contributed by atoms with van der Waals surface area (Å²) in [7, 11) is -3.92. The number of hydrogen-bond donors (Lipinski definition) is 0. The smallest absolute Gasteiger partial charge is 0.259 e. The van der Waals surface area contributed by atoms with Gasteiger partial charge in [0.05, 0.1) is 23.0 Å². The van der Waals surface area contributed by atoms with Crippen molar-refractivity contribution >= 4 is 15.0 Å². The number of sulfone groups is 1. The number of carbonyl (C=O) groups is 1. The normalized spacial score (nSPS) is 20.0. The molecule has 1 aromatic rings. The highest BCUT2D eigenvalue weighted by atomic mass is 32.2. The highest BCUT2D eigenvalue weighted by molar-refractivity contribution is 8.06. The number of epoxide rings is 1. The molecule has 0 aliphatic carbocycles. The van der Waals surface area contributed by atoms with Gasteiger partial charge in [-0.15, -0.1) is 0 Å². The number of hydrogen-bond acceptors (Lipinski definition) is 4. The Morgan fingerprint density at radius 2 is 1.82 bits per heavy atom. The zero-order chi connectivity index (χ0) is 12.7. The van der Waals surface area contributed by atoms with E-state index in [0.29, 0.717) is 6.61 Å². The van der Waals surface area contributed by atoms with Gasteiger partial charge in [-0.2, -0.15) is 0 Å². The van der Waals surface area contributed by atoms with Gasteiger partial charge < -0.3 is 4.74 Å². The molecule has 0 N–H and O–H groups in total. The van der Waals surface area contributed by atoms with Crippen LogP contribution in [0.2, 0.25) is 0 Å². The first-order chi connectivity index (χ1) is 7.87. The van der Waals surface area contributed by atoms with Gasteiger partial charge in [0.15, 0.2) is 0 Å². The average Bonchev–Trinajstić information content (AvgIpc) is 3.13. The zero-order valence-electron chi connectivity index (χ0n) is 9.71. The third kappa shape index (κ3) is 2.12. The minimum Gasteiger partial charge on any atom is -0.372 e. The Kier molecular flexibility index (Phi) is 2.83. The van der Waals surface area contributed by atoms with E-state index in [-0.39, 0.29) is 11.0 Å². The quantitative estimate of drug-likeness (QED) is 0.765. The third-order valence-electron chi connectivity index (χ3n) is 2.96. The van der Waals surface area contributed by atoms with E-state index in [0.717, 1.165) is 0 Å². The van der Waals surface area contributed by atoms with E-state index in [1.165, 1.54) is 12.1 Å². The van der Waals surface area contributed by atoms with Crippen LogP contribution >= 0.6 is 0 Å². The first-order valence-electron chi connectivity index (χ1n) is 5.33. The predicted molar refractivity (Wildman–Crippen MR) is 62.2 cm³/mol. The van der Waals surface area contributed by atoms with Crippen LogP contribution in [0.1, 0.15) is 13.8 Å². The van der Waals surface area contributed by atoms with Gasteiger partial charge in [-0.1, -0.05) is 18.2 Å². The number of ether oxygens (including phenoxy) is 1. The van der Waals surface area contributed by atoms with Gasteiger partial charge in [-0.05, 0) is 26.0 Å². The fourth-order valence-corrected chi connectivity index (χ4v) is 3.20. The second-order valence-corrected chi connectivity index (χ2v) is 6.50. The molecule has 1 fully saturated rings. The van der Waals surface area contributed by atoms with Crippen molar-refractivity contribution in [1.29, 1.82) is 0 Å². The molecule has 5 heteroatoms. The van der Waals surface area contributed by atoms with Crippen LogP contribution < -0.4 is 0 Å². The molecule has 0 radical (unpaired) electrons. The summed E-state index contributed by atoms with van der Waals surface area (Å²) in [5.74, 6) is 0. The Morgan fingerprint density at radius 3 is 2.29 bits per heavy atom. The summed E-state index contributed by atoms with van der Waals surface area (Å²) in [6.45, 7) is 3.66. The van der Waals surface area contributed by atoms with E-state index < -0.39 is 20.4 Å². The van der Waals surface area contributed by atoms with Crippen LogP contribution in [0.3, 0.4) is 0 Å². The fraction of sp³-hybridized carbons (Fsp3) is 0.417. The number of carbonyl (C=O) groups excluding carboxylic acids is 1. The Morgan fingerprint density at radius 1 is 1.29 bits per heavy atom. The van der Waals surface area contributed by atoms with Crippen LogP contribution in [0.15, 0.2) is 35.2 Å². The van der Waals surface area contributed by atoms with Crippen LogP contribution in [0.5, 0.6) is 0 Å². The number of benzene rings is 1. The van der Waals surface area contributed by atoms with Gasteiger partial charge in [0.1, 0.15) is 0 Å². The summed E-state index contributed by atoms with van der Waals surface area (Å²) >= 11 is 0. The summed E-state index contributed by atoms with van der Waals surface area (Å²) in [6, 6.07) is 7.76. The third-order valence-corrected chi connectivity index (χ3v) is 4.87. The monoisotopic (exact) mass is 254 g/mol. The van der Waals surface area contributed by atoms with E-state index in [1.54, 1.807) is 32.0 Å². The van der Waals surface area contributed by atoms with Crippen molar-refractivity contribution in [1.82, 2.24) is 0 Å². The molecule has 1 aliphatic heterocycles. The molecule has 0 spiro atoms. The van der Waals surface area contributed by atoms with Gasteiger partial charge >= 0.3 is 0 Å². The fourth-order valence-electron chi connectivity index (χ4n) is 1.65. The van der Waals surface area contributed by atoms with Crippen molar-refractivity contribution in [2.75, 3.05) is 6.61 Å². The Labute approximate surface area is 101 Å². The molecular formula is C12H14O4S. The summed E-state index contributed by atoms with van der Waals surface area (Å²) < 4.78 is 29.3. The molecule has 2 rings (SSSR count). The molecule has 0 saturated carbocycles. The molecule has 1 aromatic carbocycles. The first kappa shape index (κ1) is 12.3. The molecule has 1 saturated heterocycles.